The zero-order valence-electron chi connectivity index (χ0n) is 8.56. The van der Waals surface area contributed by atoms with Crippen molar-refractivity contribution in [3.63, 3.8) is 0 Å². The van der Waals surface area contributed by atoms with E-state index in [-0.39, 0.29) is 0 Å². The van der Waals surface area contributed by atoms with E-state index >= 15 is 0 Å². The number of hydrogen-bond acceptors (Lipinski definition) is 4. The fourth-order valence-corrected chi connectivity index (χ4v) is 1.47. The highest BCUT2D eigenvalue weighted by molar-refractivity contribution is 7.90. The highest BCUT2D eigenvalue weighted by atomic mass is 32.2. The van der Waals surface area contributed by atoms with Crippen LogP contribution in [0.15, 0.2) is 0 Å². The molecule has 88 valence electrons. The van der Waals surface area contributed by atoms with Crippen molar-refractivity contribution in [2.45, 2.75) is 6.92 Å². The van der Waals surface area contributed by atoms with Crippen LogP contribution in [0.2, 0.25) is 0 Å². The zero-order valence-corrected chi connectivity index (χ0v) is 9.37. The number of carbonyl (C=O) groups is 2. The Morgan fingerprint density at radius 1 is 1.40 bits per heavy atom. The molecule has 7 nitrogen and oxygen atoms in total. The van der Waals surface area contributed by atoms with E-state index in [2.05, 4.69) is 0 Å². The molecule has 0 saturated carbocycles. The van der Waals surface area contributed by atoms with Crippen molar-refractivity contribution >= 4 is 21.9 Å². The molecule has 0 bridgehead atoms. The number of amides is 1. The SMILES string of the molecule is CCN(C)C(=O)CNS(=O)(=O)CC(=O)O. The van der Waals surface area contributed by atoms with E-state index in [1.165, 1.54) is 11.9 Å². The van der Waals surface area contributed by atoms with Crippen LogP contribution in [0, 0.1) is 0 Å². The van der Waals surface area contributed by atoms with Crippen molar-refractivity contribution in [2.75, 3.05) is 25.9 Å². The van der Waals surface area contributed by atoms with Crippen LogP contribution in [-0.2, 0) is 19.6 Å². The van der Waals surface area contributed by atoms with Gasteiger partial charge in [-0.05, 0) is 6.92 Å². The molecule has 0 aliphatic carbocycles. The number of likely N-dealkylation sites (N-methyl/N-ethyl adjacent to an activating group) is 1. The molecule has 0 aromatic carbocycles. The van der Waals surface area contributed by atoms with E-state index in [0.717, 1.165) is 0 Å². The van der Waals surface area contributed by atoms with Crippen LogP contribution >= 0.6 is 0 Å². The molecule has 2 N–H and O–H groups in total. The second-order valence-corrected chi connectivity index (χ2v) is 4.69. The lowest BCUT2D eigenvalue weighted by Crippen LogP contribution is -2.39. The number of hydrogen-bond donors (Lipinski definition) is 2. The first kappa shape index (κ1) is 13.8. The monoisotopic (exact) mass is 238 g/mol. The number of rotatable bonds is 6. The van der Waals surface area contributed by atoms with Crippen LogP contribution in [0.5, 0.6) is 0 Å². The van der Waals surface area contributed by atoms with Gasteiger partial charge < -0.3 is 10.0 Å². The summed E-state index contributed by atoms with van der Waals surface area (Å²) >= 11 is 0. The Morgan fingerprint density at radius 3 is 2.33 bits per heavy atom. The van der Waals surface area contributed by atoms with Gasteiger partial charge in [0.05, 0.1) is 6.54 Å². The van der Waals surface area contributed by atoms with Crippen LogP contribution in [0.1, 0.15) is 6.92 Å². The van der Waals surface area contributed by atoms with Gasteiger partial charge in [0.2, 0.25) is 15.9 Å². The topological polar surface area (TPSA) is 104 Å². The summed E-state index contributed by atoms with van der Waals surface area (Å²) in [6.45, 7) is 1.78. The van der Waals surface area contributed by atoms with E-state index < -0.39 is 34.2 Å². The quantitative estimate of drug-likeness (QED) is 0.584. The smallest absolute Gasteiger partial charge is 0.320 e. The zero-order chi connectivity index (χ0) is 12.1. The molecule has 8 heteroatoms. The van der Waals surface area contributed by atoms with Gasteiger partial charge in [0.15, 0.2) is 5.75 Å². The number of carboxylic acid groups (broad SMARTS) is 1. The predicted molar refractivity (Wildman–Crippen MR) is 52.7 cm³/mol. The molecule has 15 heavy (non-hydrogen) atoms. The molecule has 0 aliphatic rings. The largest absolute Gasteiger partial charge is 0.480 e. The summed E-state index contributed by atoms with van der Waals surface area (Å²) in [7, 11) is -2.39. The number of aliphatic carboxylic acids is 1. The minimum Gasteiger partial charge on any atom is -0.480 e. The normalized spacial score (nSPS) is 11.1. The predicted octanol–water partition coefficient (Wildman–Crippen LogP) is -1.53. The highest BCUT2D eigenvalue weighted by Gasteiger charge is 2.17. The van der Waals surface area contributed by atoms with Gasteiger partial charge in [-0.25, -0.2) is 13.1 Å². The standard InChI is InChI=1S/C7H14N2O5S/c1-3-9(2)6(10)4-8-15(13,14)5-7(11)12/h8H,3-5H2,1-2H3,(H,11,12). The first-order valence-electron chi connectivity index (χ1n) is 4.21. The first-order valence-corrected chi connectivity index (χ1v) is 5.87. The Morgan fingerprint density at radius 2 is 1.93 bits per heavy atom. The average molecular weight is 238 g/mol. The summed E-state index contributed by atoms with van der Waals surface area (Å²) < 4.78 is 23.9. The number of sulfonamides is 1. The molecule has 0 atom stereocenters. The van der Waals surface area contributed by atoms with Crippen LogP contribution < -0.4 is 4.72 Å². The van der Waals surface area contributed by atoms with E-state index in [1.54, 1.807) is 6.92 Å². The number of nitrogens with zero attached hydrogens (tertiary/aromatic N) is 1. The van der Waals surface area contributed by atoms with Crippen LogP contribution in [-0.4, -0.2) is 56.2 Å². The summed E-state index contributed by atoms with van der Waals surface area (Å²) in [4.78, 5) is 22.6. The van der Waals surface area contributed by atoms with Crippen molar-refractivity contribution in [2.24, 2.45) is 0 Å². The van der Waals surface area contributed by atoms with Crippen LogP contribution in [0.25, 0.3) is 0 Å². The molecule has 0 aromatic rings. The van der Waals surface area contributed by atoms with Crippen molar-refractivity contribution in [1.29, 1.82) is 0 Å². The Kier molecular flexibility index (Phi) is 5.23. The third kappa shape index (κ3) is 6.02. The lowest BCUT2D eigenvalue weighted by Gasteiger charge is -2.14. The Labute approximate surface area is 88.1 Å². The van der Waals surface area contributed by atoms with Crippen LogP contribution in [0.3, 0.4) is 0 Å². The molecule has 0 rings (SSSR count). The first-order chi connectivity index (χ1) is 6.78. The highest BCUT2D eigenvalue weighted by Crippen LogP contribution is 1.87. The fraction of sp³-hybridized carbons (Fsp3) is 0.714. The number of nitrogens with one attached hydrogen (secondary N) is 1. The second-order valence-electron chi connectivity index (χ2n) is 2.88. The molecule has 0 unspecified atom stereocenters. The lowest BCUT2D eigenvalue weighted by atomic mass is 10.5. The van der Waals surface area contributed by atoms with E-state index in [1.807, 2.05) is 4.72 Å². The van der Waals surface area contributed by atoms with Crippen LogP contribution in [0.4, 0.5) is 0 Å². The van der Waals surface area contributed by atoms with Gasteiger partial charge in [0.25, 0.3) is 0 Å². The lowest BCUT2D eigenvalue weighted by molar-refractivity contribution is -0.134. The van der Waals surface area contributed by atoms with Crippen molar-refractivity contribution < 1.29 is 23.1 Å². The molecule has 0 aliphatic heterocycles. The average Bonchev–Trinajstić information content (AvgIpc) is 2.11. The fourth-order valence-electron chi connectivity index (χ4n) is 0.697. The summed E-state index contributed by atoms with van der Waals surface area (Å²) in [5.74, 6) is -2.90. The molecule has 0 radical (unpaired) electrons. The molecule has 1 amide bonds. The van der Waals surface area contributed by atoms with E-state index in [4.69, 9.17) is 5.11 Å². The van der Waals surface area contributed by atoms with Gasteiger partial charge in [-0.2, -0.15) is 0 Å². The summed E-state index contributed by atoms with van der Waals surface area (Å²) in [5, 5.41) is 8.26. The summed E-state index contributed by atoms with van der Waals surface area (Å²) in [6.07, 6.45) is 0. The molecule has 0 fully saturated rings. The third-order valence-electron chi connectivity index (χ3n) is 1.66. The molecule has 0 saturated heterocycles. The maximum atomic E-state index is 11.2. The number of carboxylic acids is 1. The second kappa shape index (κ2) is 5.66. The van der Waals surface area contributed by atoms with E-state index in [9.17, 15) is 18.0 Å². The maximum absolute atomic E-state index is 11.2. The van der Waals surface area contributed by atoms with Gasteiger partial charge in [0, 0.05) is 13.6 Å². The van der Waals surface area contributed by atoms with Crippen molar-refractivity contribution in [3.8, 4) is 0 Å². The maximum Gasteiger partial charge on any atom is 0.320 e. The molecule has 0 aromatic heterocycles. The number of carbonyl (C=O) groups excluding carboxylic acids is 1. The van der Waals surface area contributed by atoms with Gasteiger partial charge in [-0.1, -0.05) is 0 Å². The minimum atomic E-state index is -3.91. The molecule has 0 spiro atoms. The van der Waals surface area contributed by atoms with E-state index in [0.29, 0.717) is 6.54 Å². The summed E-state index contributed by atoms with van der Waals surface area (Å²) in [6, 6.07) is 0. The molecule has 0 heterocycles. The summed E-state index contributed by atoms with van der Waals surface area (Å²) in [5.41, 5.74) is 0. The van der Waals surface area contributed by atoms with Crippen molar-refractivity contribution in [1.82, 2.24) is 9.62 Å². The third-order valence-corrected chi connectivity index (χ3v) is 2.87. The van der Waals surface area contributed by atoms with Crippen molar-refractivity contribution in [3.05, 3.63) is 0 Å². The van der Waals surface area contributed by atoms with Gasteiger partial charge in [0.1, 0.15) is 0 Å². The Bertz CT molecular complexity index is 337. The van der Waals surface area contributed by atoms with Gasteiger partial charge in [-0.15, -0.1) is 0 Å². The van der Waals surface area contributed by atoms with Gasteiger partial charge >= 0.3 is 5.97 Å². The molecular formula is C7H14N2O5S. The minimum absolute atomic E-state index is 0.411. The Hall–Kier alpha value is -1.15. The Balaban J connectivity index is 4.16. The molecular weight excluding hydrogens is 224 g/mol. The van der Waals surface area contributed by atoms with Gasteiger partial charge in [-0.3, -0.25) is 9.59 Å².